The van der Waals surface area contributed by atoms with Crippen LogP contribution in [0.15, 0.2) is 24.4 Å². The summed E-state index contributed by atoms with van der Waals surface area (Å²) < 4.78 is 27.2. The minimum Gasteiger partial charge on any atom is -0.339 e. The Morgan fingerprint density at radius 3 is 2.48 bits per heavy atom. The van der Waals surface area contributed by atoms with E-state index in [9.17, 15) is 8.78 Å². The maximum Gasteiger partial charge on any atom is 0.247 e. The van der Waals surface area contributed by atoms with E-state index in [-0.39, 0.29) is 11.5 Å². The largest absolute Gasteiger partial charge is 0.339 e. The molecule has 0 aliphatic carbocycles. The Morgan fingerprint density at radius 1 is 1.05 bits per heavy atom. The molecule has 1 aromatic carbocycles. The van der Waals surface area contributed by atoms with Gasteiger partial charge in [-0.2, -0.15) is 10.1 Å². The molecule has 0 radical (unpaired) electrons. The molecule has 3 rings (SSSR count). The van der Waals surface area contributed by atoms with E-state index in [1.165, 1.54) is 30.8 Å². The fraction of sp³-hybridized carbons (Fsp3) is 0.357. The predicted octanol–water partition coefficient (Wildman–Crippen LogP) is 2.88. The monoisotopic (exact) mass is 291 g/mol. The van der Waals surface area contributed by atoms with E-state index in [0.29, 0.717) is 5.95 Å². The van der Waals surface area contributed by atoms with Crippen LogP contribution in [-0.2, 0) is 0 Å². The molecule has 0 saturated carbocycles. The van der Waals surface area contributed by atoms with Crippen LogP contribution >= 0.6 is 0 Å². The number of rotatable bonds is 3. The Balaban J connectivity index is 1.83. The highest BCUT2D eigenvalue weighted by molar-refractivity contribution is 5.57. The van der Waals surface area contributed by atoms with Crippen LogP contribution in [0, 0.1) is 11.6 Å². The molecule has 1 saturated heterocycles. The first-order valence-electron chi connectivity index (χ1n) is 6.90. The Kier molecular flexibility index (Phi) is 3.89. The Morgan fingerprint density at radius 2 is 1.76 bits per heavy atom. The molecular formula is C14H15F2N5. The normalized spacial score (nSPS) is 15.0. The molecule has 1 aliphatic rings. The summed E-state index contributed by atoms with van der Waals surface area (Å²) in [5.74, 6) is -0.590. The van der Waals surface area contributed by atoms with Gasteiger partial charge in [-0.3, -0.25) is 0 Å². The minimum absolute atomic E-state index is 0.234. The van der Waals surface area contributed by atoms with E-state index in [1.807, 2.05) is 4.90 Å². The van der Waals surface area contributed by atoms with Crippen molar-refractivity contribution < 1.29 is 8.78 Å². The summed E-state index contributed by atoms with van der Waals surface area (Å²) in [6.07, 6.45) is 4.72. The van der Waals surface area contributed by atoms with E-state index < -0.39 is 11.6 Å². The van der Waals surface area contributed by atoms with Crippen molar-refractivity contribution in [3.8, 4) is 0 Å². The van der Waals surface area contributed by atoms with Gasteiger partial charge in [0.15, 0.2) is 5.82 Å². The molecule has 1 N–H and O–H groups in total. The molecule has 1 aromatic heterocycles. The SMILES string of the molecule is Fc1cccc(F)c1Nc1cnnc(N2CCCCC2)n1. The molecule has 21 heavy (non-hydrogen) atoms. The van der Waals surface area contributed by atoms with Crippen molar-refractivity contribution in [1.29, 1.82) is 0 Å². The van der Waals surface area contributed by atoms with Crippen LogP contribution in [-0.4, -0.2) is 28.3 Å². The Labute approximate surface area is 121 Å². The standard InChI is InChI=1S/C14H15F2N5/c15-10-5-4-6-11(16)13(10)18-12-9-17-20-14(19-12)21-7-2-1-3-8-21/h4-6,9H,1-3,7-8H2,(H,18,19,20). The van der Waals surface area contributed by atoms with Crippen molar-refractivity contribution in [2.75, 3.05) is 23.3 Å². The van der Waals surface area contributed by atoms with Crippen LogP contribution in [0.2, 0.25) is 0 Å². The number of aromatic nitrogens is 3. The highest BCUT2D eigenvalue weighted by Crippen LogP contribution is 2.23. The van der Waals surface area contributed by atoms with E-state index in [4.69, 9.17) is 0 Å². The van der Waals surface area contributed by atoms with Crippen LogP contribution in [0.4, 0.5) is 26.2 Å². The first kappa shape index (κ1) is 13.7. The van der Waals surface area contributed by atoms with Crippen LogP contribution in [0.3, 0.4) is 0 Å². The summed E-state index contributed by atoms with van der Waals surface area (Å²) >= 11 is 0. The third-order valence-electron chi connectivity index (χ3n) is 3.40. The van der Waals surface area contributed by atoms with Crippen molar-refractivity contribution >= 4 is 17.5 Å². The number of hydrogen-bond acceptors (Lipinski definition) is 5. The van der Waals surface area contributed by atoms with Gasteiger partial charge >= 0.3 is 0 Å². The van der Waals surface area contributed by atoms with Gasteiger partial charge in [-0.05, 0) is 31.4 Å². The van der Waals surface area contributed by atoms with E-state index in [0.717, 1.165) is 25.9 Å². The smallest absolute Gasteiger partial charge is 0.247 e. The third-order valence-corrected chi connectivity index (χ3v) is 3.40. The maximum absolute atomic E-state index is 13.6. The van der Waals surface area contributed by atoms with E-state index in [1.54, 1.807) is 0 Å². The molecule has 0 bridgehead atoms. The molecule has 0 spiro atoms. The maximum atomic E-state index is 13.6. The van der Waals surface area contributed by atoms with Gasteiger partial charge in [0.2, 0.25) is 5.95 Å². The molecule has 2 aromatic rings. The molecule has 0 atom stereocenters. The number of halogens is 2. The number of nitrogens with one attached hydrogen (secondary N) is 1. The second-order valence-electron chi connectivity index (χ2n) is 4.91. The zero-order valence-corrected chi connectivity index (χ0v) is 11.4. The van der Waals surface area contributed by atoms with E-state index >= 15 is 0 Å². The molecule has 2 heterocycles. The lowest BCUT2D eigenvalue weighted by molar-refractivity contribution is 0.565. The Bertz CT molecular complexity index is 608. The first-order valence-corrected chi connectivity index (χ1v) is 6.90. The zero-order valence-electron chi connectivity index (χ0n) is 11.4. The van der Waals surface area contributed by atoms with Crippen LogP contribution < -0.4 is 10.2 Å². The van der Waals surface area contributed by atoms with E-state index in [2.05, 4.69) is 20.5 Å². The first-order chi connectivity index (χ1) is 10.2. The van der Waals surface area contributed by atoms with Crippen molar-refractivity contribution in [2.45, 2.75) is 19.3 Å². The summed E-state index contributed by atoms with van der Waals surface area (Å²) in [6, 6.07) is 3.68. The summed E-state index contributed by atoms with van der Waals surface area (Å²) in [4.78, 5) is 6.31. The zero-order chi connectivity index (χ0) is 14.7. The molecular weight excluding hydrogens is 276 g/mol. The van der Waals surface area contributed by atoms with Crippen molar-refractivity contribution in [1.82, 2.24) is 15.2 Å². The molecule has 7 heteroatoms. The average molecular weight is 291 g/mol. The topological polar surface area (TPSA) is 53.9 Å². The molecule has 0 unspecified atom stereocenters. The highest BCUT2D eigenvalue weighted by atomic mass is 19.1. The van der Waals surface area contributed by atoms with Gasteiger partial charge in [0, 0.05) is 13.1 Å². The third kappa shape index (κ3) is 3.07. The summed E-state index contributed by atoms with van der Waals surface area (Å²) in [7, 11) is 0. The van der Waals surface area contributed by atoms with Crippen molar-refractivity contribution in [3.63, 3.8) is 0 Å². The lowest BCUT2D eigenvalue weighted by Crippen LogP contribution is -2.31. The van der Waals surface area contributed by atoms with Gasteiger partial charge in [0.1, 0.15) is 17.3 Å². The molecule has 1 aliphatic heterocycles. The van der Waals surface area contributed by atoms with Gasteiger partial charge in [-0.25, -0.2) is 8.78 Å². The van der Waals surface area contributed by atoms with Gasteiger partial charge in [0.05, 0.1) is 6.20 Å². The van der Waals surface area contributed by atoms with Gasteiger partial charge in [-0.15, -0.1) is 5.10 Å². The quantitative estimate of drug-likeness (QED) is 0.942. The van der Waals surface area contributed by atoms with Crippen molar-refractivity contribution in [3.05, 3.63) is 36.0 Å². The second-order valence-corrected chi connectivity index (χ2v) is 4.91. The van der Waals surface area contributed by atoms with Crippen LogP contribution in [0.25, 0.3) is 0 Å². The minimum atomic E-state index is -0.673. The molecule has 110 valence electrons. The highest BCUT2D eigenvalue weighted by Gasteiger charge is 2.15. The fourth-order valence-corrected chi connectivity index (χ4v) is 2.33. The molecule has 1 fully saturated rings. The average Bonchev–Trinajstić information content (AvgIpc) is 2.52. The van der Waals surface area contributed by atoms with Crippen LogP contribution in [0.5, 0.6) is 0 Å². The summed E-state index contributed by atoms with van der Waals surface area (Å²) in [5.41, 5.74) is -0.234. The van der Waals surface area contributed by atoms with Gasteiger partial charge in [-0.1, -0.05) is 6.07 Å². The number of para-hydroxylation sites is 1. The van der Waals surface area contributed by atoms with Gasteiger partial charge < -0.3 is 10.2 Å². The number of nitrogens with zero attached hydrogens (tertiary/aromatic N) is 4. The molecule has 5 nitrogen and oxygen atoms in total. The van der Waals surface area contributed by atoms with Crippen molar-refractivity contribution in [2.24, 2.45) is 0 Å². The fourth-order valence-electron chi connectivity index (χ4n) is 2.33. The number of anilines is 3. The number of piperidine rings is 1. The number of hydrogen-bond donors (Lipinski definition) is 1. The second kappa shape index (κ2) is 5.99. The summed E-state index contributed by atoms with van der Waals surface area (Å²) in [5, 5.41) is 10.5. The Hall–Kier alpha value is -2.31. The van der Waals surface area contributed by atoms with Gasteiger partial charge in [0.25, 0.3) is 0 Å². The lowest BCUT2D eigenvalue weighted by atomic mass is 10.1. The molecule has 0 amide bonds. The number of benzene rings is 1. The lowest BCUT2D eigenvalue weighted by Gasteiger charge is -2.26. The van der Waals surface area contributed by atoms with Crippen LogP contribution in [0.1, 0.15) is 19.3 Å². The summed E-state index contributed by atoms with van der Waals surface area (Å²) in [6.45, 7) is 1.75. The predicted molar refractivity (Wildman–Crippen MR) is 75.5 cm³/mol.